The molecular weight excluding hydrogens is 192 g/mol. The Hall–Kier alpha value is -0.610. The summed E-state index contributed by atoms with van der Waals surface area (Å²) in [6.45, 7) is 7.91. The van der Waals surface area contributed by atoms with E-state index in [-0.39, 0.29) is 18.6 Å². The van der Waals surface area contributed by atoms with Crippen LogP contribution in [-0.2, 0) is 4.79 Å². The van der Waals surface area contributed by atoms with E-state index in [2.05, 4.69) is 31.0 Å². The average molecular weight is 214 g/mol. The van der Waals surface area contributed by atoms with E-state index in [0.717, 1.165) is 13.0 Å². The molecule has 0 spiro atoms. The molecule has 1 aliphatic heterocycles. The number of carbonyl (C=O) groups is 1. The second-order valence-electron chi connectivity index (χ2n) is 4.71. The Morgan fingerprint density at radius 3 is 2.80 bits per heavy atom. The number of piperazine rings is 1. The Bertz CT molecular complexity index is 219. The molecule has 88 valence electrons. The van der Waals surface area contributed by atoms with Crippen LogP contribution in [0.5, 0.6) is 0 Å². The lowest BCUT2D eigenvalue weighted by Crippen LogP contribution is -2.61. The van der Waals surface area contributed by atoms with Crippen LogP contribution in [0.4, 0.5) is 0 Å². The van der Waals surface area contributed by atoms with Crippen LogP contribution in [0, 0.1) is 5.92 Å². The zero-order valence-corrected chi connectivity index (χ0v) is 9.86. The first-order valence-corrected chi connectivity index (χ1v) is 5.70. The Morgan fingerprint density at radius 2 is 2.27 bits per heavy atom. The second-order valence-corrected chi connectivity index (χ2v) is 4.71. The van der Waals surface area contributed by atoms with Crippen LogP contribution in [0.25, 0.3) is 0 Å². The largest absolute Gasteiger partial charge is 0.394 e. The molecule has 0 aromatic heterocycles. The van der Waals surface area contributed by atoms with Gasteiger partial charge in [0.25, 0.3) is 0 Å². The highest BCUT2D eigenvalue weighted by atomic mass is 16.3. The van der Waals surface area contributed by atoms with Gasteiger partial charge in [-0.3, -0.25) is 9.69 Å². The fraction of sp³-hybridized carbons (Fsp3) is 0.909. The first kappa shape index (κ1) is 12.5. The van der Waals surface area contributed by atoms with Gasteiger partial charge in [-0.1, -0.05) is 13.8 Å². The van der Waals surface area contributed by atoms with Crippen molar-refractivity contribution in [1.29, 1.82) is 0 Å². The van der Waals surface area contributed by atoms with E-state index >= 15 is 0 Å². The van der Waals surface area contributed by atoms with Crippen LogP contribution >= 0.6 is 0 Å². The van der Waals surface area contributed by atoms with Crippen LogP contribution in [0.1, 0.15) is 27.2 Å². The van der Waals surface area contributed by atoms with Gasteiger partial charge in [0.15, 0.2) is 0 Å². The molecule has 0 radical (unpaired) electrons. The van der Waals surface area contributed by atoms with Gasteiger partial charge >= 0.3 is 0 Å². The standard InChI is InChI=1S/C11H22N2O2/c1-8(2)4-5-13-9(3)6-12-11(15)10(13)7-14/h8-10,14H,4-7H2,1-3H3,(H,12,15). The smallest absolute Gasteiger partial charge is 0.239 e. The van der Waals surface area contributed by atoms with Gasteiger partial charge in [-0.2, -0.15) is 0 Å². The van der Waals surface area contributed by atoms with E-state index in [1.807, 2.05) is 0 Å². The molecule has 1 heterocycles. The van der Waals surface area contributed by atoms with E-state index in [4.69, 9.17) is 0 Å². The van der Waals surface area contributed by atoms with Gasteiger partial charge < -0.3 is 10.4 Å². The molecule has 1 fully saturated rings. The first-order chi connectivity index (χ1) is 7.06. The minimum Gasteiger partial charge on any atom is -0.394 e. The highest BCUT2D eigenvalue weighted by Crippen LogP contribution is 2.13. The van der Waals surface area contributed by atoms with Gasteiger partial charge in [-0.25, -0.2) is 0 Å². The summed E-state index contributed by atoms with van der Waals surface area (Å²) >= 11 is 0. The third kappa shape index (κ3) is 3.18. The van der Waals surface area contributed by atoms with Crippen molar-refractivity contribution in [2.45, 2.75) is 39.3 Å². The number of nitrogens with zero attached hydrogens (tertiary/aromatic N) is 1. The molecule has 0 aromatic carbocycles. The Labute approximate surface area is 91.6 Å². The van der Waals surface area contributed by atoms with E-state index < -0.39 is 0 Å². The molecule has 0 aliphatic carbocycles. The SMILES string of the molecule is CC(C)CCN1C(C)CNC(=O)C1CO. The topological polar surface area (TPSA) is 52.6 Å². The molecule has 1 rings (SSSR count). The van der Waals surface area contributed by atoms with Gasteiger partial charge in [-0.05, 0) is 25.8 Å². The van der Waals surface area contributed by atoms with E-state index in [0.29, 0.717) is 18.5 Å². The van der Waals surface area contributed by atoms with Crippen LogP contribution in [-0.4, -0.2) is 47.7 Å². The quantitative estimate of drug-likeness (QED) is 0.703. The third-order valence-corrected chi connectivity index (χ3v) is 2.98. The molecule has 2 unspecified atom stereocenters. The maximum atomic E-state index is 11.5. The summed E-state index contributed by atoms with van der Waals surface area (Å²) in [5.74, 6) is 0.584. The van der Waals surface area contributed by atoms with Crippen molar-refractivity contribution in [2.75, 3.05) is 19.7 Å². The van der Waals surface area contributed by atoms with Gasteiger partial charge in [0.05, 0.1) is 6.61 Å². The van der Waals surface area contributed by atoms with Crippen LogP contribution < -0.4 is 5.32 Å². The molecule has 0 bridgehead atoms. The average Bonchev–Trinajstić information content (AvgIpc) is 2.19. The highest BCUT2D eigenvalue weighted by Gasteiger charge is 2.32. The minimum atomic E-state index is -0.354. The third-order valence-electron chi connectivity index (χ3n) is 2.98. The first-order valence-electron chi connectivity index (χ1n) is 5.70. The number of nitrogens with one attached hydrogen (secondary N) is 1. The molecule has 1 aliphatic rings. The number of aliphatic hydroxyl groups is 1. The monoisotopic (exact) mass is 214 g/mol. The van der Waals surface area contributed by atoms with E-state index in [1.54, 1.807) is 0 Å². The minimum absolute atomic E-state index is 0.0423. The fourth-order valence-electron chi connectivity index (χ4n) is 1.91. The number of amides is 1. The van der Waals surface area contributed by atoms with Gasteiger partial charge in [0.2, 0.25) is 5.91 Å². The van der Waals surface area contributed by atoms with E-state index in [1.165, 1.54) is 0 Å². The molecule has 4 nitrogen and oxygen atoms in total. The molecule has 1 saturated heterocycles. The summed E-state index contributed by atoms with van der Waals surface area (Å²) in [5, 5.41) is 12.0. The predicted molar refractivity (Wildman–Crippen MR) is 59.5 cm³/mol. The van der Waals surface area contributed by atoms with Crippen molar-refractivity contribution in [3.05, 3.63) is 0 Å². The number of aliphatic hydroxyl groups excluding tert-OH is 1. The van der Waals surface area contributed by atoms with Crippen molar-refractivity contribution in [1.82, 2.24) is 10.2 Å². The zero-order chi connectivity index (χ0) is 11.4. The van der Waals surface area contributed by atoms with Crippen molar-refractivity contribution < 1.29 is 9.90 Å². The fourth-order valence-corrected chi connectivity index (χ4v) is 1.91. The Kier molecular flexibility index (Phi) is 4.54. The Morgan fingerprint density at radius 1 is 1.60 bits per heavy atom. The normalized spacial score (nSPS) is 28.2. The summed E-state index contributed by atoms with van der Waals surface area (Å²) in [7, 11) is 0. The molecule has 4 heteroatoms. The predicted octanol–water partition coefficient (Wildman–Crippen LogP) is 0.214. The number of hydrogen-bond donors (Lipinski definition) is 2. The summed E-state index contributed by atoms with van der Waals surface area (Å²) in [6, 6.07) is -0.0360. The lowest BCUT2D eigenvalue weighted by molar-refractivity contribution is -0.132. The van der Waals surface area contributed by atoms with Crippen LogP contribution in [0.15, 0.2) is 0 Å². The van der Waals surface area contributed by atoms with Crippen LogP contribution in [0.3, 0.4) is 0 Å². The van der Waals surface area contributed by atoms with Crippen molar-refractivity contribution >= 4 is 5.91 Å². The lowest BCUT2D eigenvalue weighted by Gasteiger charge is -2.39. The summed E-state index contributed by atoms with van der Waals surface area (Å²) < 4.78 is 0. The summed E-state index contributed by atoms with van der Waals surface area (Å²) in [4.78, 5) is 13.6. The number of rotatable bonds is 4. The van der Waals surface area contributed by atoms with E-state index in [9.17, 15) is 9.90 Å². The number of hydrogen-bond acceptors (Lipinski definition) is 3. The van der Waals surface area contributed by atoms with Gasteiger partial charge in [0.1, 0.15) is 6.04 Å². The van der Waals surface area contributed by atoms with Crippen molar-refractivity contribution in [3.63, 3.8) is 0 Å². The maximum absolute atomic E-state index is 11.5. The van der Waals surface area contributed by atoms with Crippen molar-refractivity contribution in [2.24, 2.45) is 5.92 Å². The highest BCUT2D eigenvalue weighted by molar-refractivity contribution is 5.82. The molecule has 2 N–H and O–H groups in total. The molecule has 1 amide bonds. The lowest BCUT2D eigenvalue weighted by atomic mass is 10.1. The molecule has 0 aromatic rings. The molecule has 2 atom stereocenters. The zero-order valence-electron chi connectivity index (χ0n) is 9.86. The molecular formula is C11H22N2O2. The summed E-state index contributed by atoms with van der Waals surface area (Å²) in [6.07, 6.45) is 1.06. The second kappa shape index (κ2) is 5.47. The maximum Gasteiger partial charge on any atom is 0.239 e. The van der Waals surface area contributed by atoms with Gasteiger partial charge in [0, 0.05) is 12.6 Å². The number of carbonyl (C=O) groups excluding carboxylic acids is 1. The van der Waals surface area contributed by atoms with Gasteiger partial charge in [-0.15, -0.1) is 0 Å². The van der Waals surface area contributed by atoms with Crippen LogP contribution in [0.2, 0.25) is 0 Å². The Balaban J connectivity index is 2.58. The summed E-state index contributed by atoms with van der Waals surface area (Å²) in [5.41, 5.74) is 0. The molecule has 0 saturated carbocycles. The van der Waals surface area contributed by atoms with Crippen molar-refractivity contribution in [3.8, 4) is 0 Å². The molecule has 15 heavy (non-hydrogen) atoms.